The van der Waals surface area contributed by atoms with Gasteiger partial charge in [0.05, 0.1) is 25.7 Å². The first kappa shape index (κ1) is 18.1. The summed E-state index contributed by atoms with van der Waals surface area (Å²) in [4.78, 5) is 26.9. The summed E-state index contributed by atoms with van der Waals surface area (Å²) in [5.74, 6) is -0.126. The van der Waals surface area contributed by atoms with E-state index in [9.17, 15) is 9.59 Å². The number of ether oxygens (including phenoxy) is 1. The fraction of sp³-hybridized carbons (Fsp3) is 0.333. The first-order valence-electron chi connectivity index (χ1n) is 8.88. The topological polar surface area (TPSA) is 58.6 Å². The zero-order valence-corrected chi connectivity index (χ0v) is 15.2. The van der Waals surface area contributed by atoms with E-state index in [-0.39, 0.29) is 17.9 Å². The molecule has 1 N–H and O–H groups in total. The van der Waals surface area contributed by atoms with Gasteiger partial charge < -0.3 is 15.0 Å². The lowest BCUT2D eigenvalue weighted by Gasteiger charge is -2.33. The minimum absolute atomic E-state index is 0.0317. The van der Waals surface area contributed by atoms with Crippen LogP contribution in [0.2, 0.25) is 0 Å². The van der Waals surface area contributed by atoms with Gasteiger partial charge in [0.15, 0.2) is 0 Å². The summed E-state index contributed by atoms with van der Waals surface area (Å²) in [6.45, 7) is 5.67. The van der Waals surface area contributed by atoms with Crippen molar-refractivity contribution in [2.24, 2.45) is 0 Å². The molecule has 1 unspecified atom stereocenters. The van der Waals surface area contributed by atoms with Crippen LogP contribution in [0.15, 0.2) is 48.5 Å². The highest BCUT2D eigenvalue weighted by atomic mass is 16.5. The van der Waals surface area contributed by atoms with Gasteiger partial charge in [-0.1, -0.05) is 30.3 Å². The maximum Gasteiger partial charge on any atom is 0.254 e. The number of anilines is 1. The molecule has 0 radical (unpaired) electrons. The Kier molecular flexibility index (Phi) is 5.68. The average molecular weight is 352 g/mol. The third kappa shape index (κ3) is 4.29. The maximum absolute atomic E-state index is 12.7. The zero-order chi connectivity index (χ0) is 18.5. The minimum atomic E-state index is -0.0939. The molecule has 0 aromatic heterocycles. The smallest absolute Gasteiger partial charge is 0.254 e. The molecule has 0 spiro atoms. The van der Waals surface area contributed by atoms with E-state index in [4.69, 9.17) is 4.74 Å². The van der Waals surface area contributed by atoms with Crippen molar-refractivity contribution in [1.82, 2.24) is 4.90 Å². The summed E-state index contributed by atoms with van der Waals surface area (Å²) < 4.78 is 5.39. The highest BCUT2D eigenvalue weighted by Crippen LogP contribution is 2.17. The number of benzene rings is 2. The van der Waals surface area contributed by atoms with Crippen LogP contribution >= 0.6 is 0 Å². The number of carbonyl (C=O) groups excluding carboxylic acids is 2. The molecule has 2 amide bonds. The Labute approximate surface area is 154 Å². The second-order valence-corrected chi connectivity index (χ2v) is 6.65. The monoisotopic (exact) mass is 352 g/mol. The Hall–Kier alpha value is -2.66. The van der Waals surface area contributed by atoms with Gasteiger partial charge in [0.2, 0.25) is 5.91 Å². The molecule has 5 nitrogen and oxygen atoms in total. The molecule has 5 heteroatoms. The van der Waals surface area contributed by atoms with Crippen LogP contribution in [0.5, 0.6) is 0 Å². The average Bonchev–Trinajstić information content (AvgIpc) is 2.64. The Morgan fingerprint density at radius 2 is 2.00 bits per heavy atom. The molecule has 0 bridgehead atoms. The van der Waals surface area contributed by atoms with Gasteiger partial charge in [0, 0.05) is 17.8 Å². The molecule has 2 aromatic rings. The third-order valence-electron chi connectivity index (χ3n) is 4.63. The SMILES string of the molecule is Cc1ccccc1CC(=O)Nc1cccc(C(=O)N2CCOCC2C)c1. The number of nitrogens with zero attached hydrogens (tertiary/aromatic N) is 1. The maximum atomic E-state index is 12.7. The number of rotatable bonds is 4. The van der Waals surface area contributed by atoms with E-state index in [0.717, 1.165) is 11.1 Å². The van der Waals surface area contributed by atoms with E-state index in [0.29, 0.717) is 37.4 Å². The van der Waals surface area contributed by atoms with Gasteiger partial charge in [0.25, 0.3) is 5.91 Å². The molecule has 0 aliphatic carbocycles. The molecule has 1 saturated heterocycles. The van der Waals surface area contributed by atoms with Gasteiger partial charge in [-0.25, -0.2) is 0 Å². The third-order valence-corrected chi connectivity index (χ3v) is 4.63. The minimum Gasteiger partial charge on any atom is -0.377 e. The first-order valence-corrected chi connectivity index (χ1v) is 8.88. The van der Waals surface area contributed by atoms with Crippen molar-refractivity contribution < 1.29 is 14.3 Å². The molecule has 1 heterocycles. The van der Waals surface area contributed by atoms with Crippen LogP contribution in [0.25, 0.3) is 0 Å². The fourth-order valence-electron chi connectivity index (χ4n) is 3.11. The lowest BCUT2D eigenvalue weighted by Crippen LogP contribution is -2.47. The number of nitrogens with one attached hydrogen (secondary N) is 1. The van der Waals surface area contributed by atoms with Crippen molar-refractivity contribution in [3.8, 4) is 0 Å². The normalized spacial score (nSPS) is 17.0. The molecule has 136 valence electrons. The van der Waals surface area contributed by atoms with Crippen LogP contribution in [0, 0.1) is 6.92 Å². The predicted molar refractivity (Wildman–Crippen MR) is 101 cm³/mol. The van der Waals surface area contributed by atoms with Gasteiger partial charge in [-0.3, -0.25) is 9.59 Å². The Bertz CT molecular complexity index is 803. The molecular formula is C21H24N2O3. The summed E-state index contributed by atoms with van der Waals surface area (Å²) in [6, 6.07) is 15.0. The second kappa shape index (κ2) is 8.15. The summed E-state index contributed by atoms with van der Waals surface area (Å²) >= 11 is 0. The first-order chi connectivity index (χ1) is 12.5. The van der Waals surface area contributed by atoms with Crippen LogP contribution in [-0.2, 0) is 16.0 Å². The number of hydrogen-bond acceptors (Lipinski definition) is 3. The zero-order valence-electron chi connectivity index (χ0n) is 15.2. The summed E-state index contributed by atoms with van der Waals surface area (Å²) in [5.41, 5.74) is 3.30. The van der Waals surface area contributed by atoms with E-state index in [2.05, 4.69) is 5.32 Å². The molecular weight excluding hydrogens is 328 g/mol. The summed E-state index contributed by atoms with van der Waals surface area (Å²) in [6.07, 6.45) is 0.311. The van der Waals surface area contributed by atoms with Crippen molar-refractivity contribution in [3.63, 3.8) is 0 Å². The van der Waals surface area contributed by atoms with E-state index < -0.39 is 0 Å². The van der Waals surface area contributed by atoms with E-state index in [1.54, 1.807) is 24.3 Å². The number of hydrogen-bond donors (Lipinski definition) is 1. The molecule has 0 saturated carbocycles. The summed E-state index contributed by atoms with van der Waals surface area (Å²) in [7, 11) is 0. The van der Waals surface area contributed by atoms with Gasteiger partial charge in [0.1, 0.15) is 0 Å². The molecule has 1 atom stereocenters. The van der Waals surface area contributed by atoms with Gasteiger partial charge >= 0.3 is 0 Å². The van der Waals surface area contributed by atoms with Crippen LogP contribution < -0.4 is 5.32 Å². The van der Waals surface area contributed by atoms with Gasteiger partial charge in [-0.05, 0) is 43.2 Å². The fourth-order valence-corrected chi connectivity index (χ4v) is 3.11. The van der Waals surface area contributed by atoms with E-state index in [1.807, 2.05) is 43.0 Å². The summed E-state index contributed by atoms with van der Waals surface area (Å²) in [5, 5.41) is 2.89. The number of carbonyl (C=O) groups is 2. The van der Waals surface area contributed by atoms with Crippen LogP contribution in [0.3, 0.4) is 0 Å². The molecule has 1 aliphatic heterocycles. The van der Waals surface area contributed by atoms with Crippen molar-refractivity contribution in [2.75, 3.05) is 25.1 Å². The highest BCUT2D eigenvalue weighted by Gasteiger charge is 2.24. The van der Waals surface area contributed by atoms with Crippen molar-refractivity contribution in [2.45, 2.75) is 26.3 Å². The van der Waals surface area contributed by atoms with Crippen molar-refractivity contribution in [3.05, 3.63) is 65.2 Å². The van der Waals surface area contributed by atoms with E-state index >= 15 is 0 Å². The largest absolute Gasteiger partial charge is 0.377 e. The second-order valence-electron chi connectivity index (χ2n) is 6.65. The lowest BCUT2D eigenvalue weighted by atomic mass is 10.1. The predicted octanol–water partition coefficient (Wildman–Crippen LogP) is 3.04. The van der Waals surface area contributed by atoms with Gasteiger partial charge in [-0.15, -0.1) is 0 Å². The number of morpholine rings is 1. The molecule has 3 rings (SSSR count). The highest BCUT2D eigenvalue weighted by molar-refractivity contribution is 5.97. The Morgan fingerprint density at radius 3 is 2.77 bits per heavy atom. The lowest BCUT2D eigenvalue weighted by molar-refractivity contribution is -0.115. The Balaban J connectivity index is 1.68. The van der Waals surface area contributed by atoms with Crippen LogP contribution in [0.1, 0.15) is 28.4 Å². The quantitative estimate of drug-likeness (QED) is 0.920. The number of aryl methyl sites for hydroxylation is 1. The standard InChI is InChI=1S/C21H24N2O3/c1-15-6-3-4-7-17(15)13-20(24)22-19-9-5-8-18(12-19)21(25)23-10-11-26-14-16(23)2/h3-9,12,16H,10-11,13-14H2,1-2H3,(H,22,24). The molecule has 2 aromatic carbocycles. The van der Waals surface area contributed by atoms with Crippen molar-refractivity contribution >= 4 is 17.5 Å². The number of amides is 2. The van der Waals surface area contributed by atoms with Gasteiger partial charge in [-0.2, -0.15) is 0 Å². The molecule has 26 heavy (non-hydrogen) atoms. The van der Waals surface area contributed by atoms with Crippen LogP contribution in [-0.4, -0.2) is 42.5 Å². The molecule has 1 aliphatic rings. The van der Waals surface area contributed by atoms with Crippen LogP contribution in [0.4, 0.5) is 5.69 Å². The Morgan fingerprint density at radius 1 is 1.19 bits per heavy atom. The van der Waals surface area contributed by atoms with E-state index in [1.165, 1.54) is 0 Å². The van der Waals surface area contributed by atoms with Crippen molar-refractivity contribution in [1.29, 1.82) is 0 Å². The molecule has 1 fully saturated rings.